The number of ketones is 1. The van der Waals surface area contributed by atoms with Gasteiger partial charge in [-0.1, -0.05) is 48.6 Å². The number of Topliss-reactive ketones (excluding diaryl/α,β-unsaturated/α-hetero) is 1. The molecule has 2 aliphatic heterocycles. The number of ether oxygens (including phenoxy) is 1. The maximum atomic E-state index is 13.5. The first-order chi connectivity index (χ1) is 14.3. The van der Waals surface area contributed by atoms with Crippen molar-refractivity contribution in [3.63, 3.8) is 0 Å². The van der Waals surface area contributed by atoms with Crippen LogP contribution in [0, 0.1) is 5.41 Å². The number of likely N-dealkylation sites (tertiary alicyclic amines) is 1. The van der Waals surface area contributed by atoms with Crippen LogP contribution >= 0.6 is 0 Å². The minimum absolute atomic E-state index is 0.144. The average Bonchev–Trinajstić information content (AvgIpc) is 3.08. The van der Waals surface area contributed by atoms with E-state index in [4.69, 9.17) is 4.74 Å². The van der Waals surface area contributed by atoms with E-state index in [9.17, 15) is 20.1 Å². The van der Waals surface area contributed by atoms with E-state index in [0.29, 0.717) is 36.3 Å². The molecule has 2 bridgehead atoms. The Balaban J connectivity index is 1.58. The lowest BCUT2D eigenvalue weighted by Crippen LogP contribution is -2.75. The fourth-order valence-corrected chi connectivity index (χ4v) is 6.56. The average molecular weight is 407 g/mol. The van der Waals surface area contributed by atoms with Gasteiger partial charge in [0, 0.05) is 24.0 Å². The highest BCUT2D eigenvalue weighted by molar-refractivity contribution is 6.07. The number of benzene rings is 1. The molecule has 1 saturated heterocycles. The smallest absolute Gasteiger partial charge is 0.183 e. The molecule has 0 radical (unpaired) electrons. The zero-order valence-corrected chi connectivity index (χ0v) is 16.8. The lowest BCUT2D eigenvalue weighted by Gasteiger charge is -2.61. The molecule has 1 saturated carbocycles. The molecule has 156 valence electrons. The van der Waals surface area contributed by atoms with E-state index < -0.39 is 34.9 Å². The second kappa shape index (κ2) is 5.71. The molecule has 0 amide bonds. The van der Waals surface area contributed by atoms with Crippen LogP contribution in [-0.4, -0.2) is 69.0 Å². The number of carbonyl (C=O) groups is 1. The van der Waals surface area contributed by atoms with Gasteiger partial charge in [-0.2, -0.15) is 0 Å². The van der Waals surface area contributed by atoms with Crippen molar-refractivity contribution in [3.05, 3.63) is 71.0 Å². The molecule has 2 heterocycles. The van der Waals surface area contributed by atoms with Gasteiger partial charge in [0.25, 0.3) is 0 Å². The summed E-state index contributed by atoms with van der Waals surface area (Å²) in [6.45, 7) is 0.598. The highest BCUT2D eigenvalue weighted by Gasteiger charge is 2.75. The van der Waals surface area contributed by atoms with Crippen molar-refractivity contribution in [3.8, 4) is 0 Å². The van der Waals surface area contributed by atoms with Crippen molar-refractivity contribution < 1.29 is 24.9 Å². The summed E-state index contributed by atoms with van der Waals surface area (Å²) < 4.78 is 6.33. The number of carbonyl (C=O) groups excluding carboxylic acids is 1. The van der Waals surface area contributed by atoms with E-state index in [1.54, 1.807) is 6.08 Å². The molecule has 1 unspecified atom stereocenters. The van der Waals surface area contributed by atoms with Gasteiger partial charge in [0.1, 0.15) is 35.2 Å². The van der Waals surface area contributed by atoms with Crippen molar-refractivity contribution in [2.45, 2.75) is 48.7 Å². The summed E-state index contributed by atoms with van der Waals surface area (Å²) in [6.07, 6.45) is 4.41. The number of hydrogen-bond donors (Lipinski definition) is 3. The molecule has 30 heavy (non-hydrogen) atoms. The zero-order chi connectivity index (χ0) is 20.9. The van der Waals surface area contributed by atoms with Gasteiger partial charge in [0.05, 0.1) is 5.41 Å². The molecule has 3 N–H and O–H groups in total. The molecule has 1 aromatic carbocycles. The summed E-state index contributed by atoms with van der Waals surface area (Å²) >= 11 is 0. The van der Waals surface area contributed by atoms with Crippen LogP contribution in [-0.2, 0) is 16.0 Å². The number of piperidine rings is 1. The standard InChI is InChI=1S/C24H25NO5/c1-25-12-11-23-17-15-7-9-22(28,13-14-5-3-2-4-6-14)21(17)30-20(23)16(26)8-10-24(23,29)19(25)18(15)27/h2-8,10,16,19-20,26,28-29H,9,11-13H2,1H3/t16-,19+,20-,22?,23-,24+/m0/s1. The first-order valence-electron chi connectivity index (χ1n) is 10.5. The van der Waals surface area contributed by atoms with E-state index in [-0.39, 0.29) is 12.2 Å². The third-order valence-electron chi connectivity index (χ3n) is 7.88. The summed E-state index contributed by atoms with van der Waals surface area (Å²) in [6, 6.07) is 8.95. The Bertz CT molecular complexity index is 1040. The molecule has 5 aliphatic rings. The van der Waals surface area contributed by atoms with Crippen molar-refractivity contribution in [1.82, 2.24) is 4.90 Å². The minimum atomic E-state index is -1.49. The Labute approximate surface area is 174 Å². The fourth-order valence-electron chi connectivity index (χ4n) is 6.56. The quantitative estimate of drug-likeness (QED) is 0.631. The molecular formula is C24H25NO5. The molecule has 6 nitrogen and oxygen atoms in total. The zero-order valence-electron chi connectivity index (χ0n) is 16.8. The molecule has 3 aliphatic carbocycles. The molecule has 1 aromatic rings. The van der Waals surface area contributed by atoms with Gasteiger partial charge in [-0.3, -0.25) is 9.69 Å². The second-order valence-corrected chi connectivity index (χ2v) is 9.40. The maximum Gasteiger partial charge on any atom is 0.183 e. The van der Waals surface area contributed by atoms with Crippen LogP contribution in [0.5, 0.6) is 0 Å². The van der Waals surface area contributed by atoms with Gasteiger partial charge in [-0.15, -0.1) is 0 Å². The van der Waals surface area contributed by atoms with Crippen LogP contribution in [0.25, 0.3) is 0 Å². The van der Waals surface area contributed by atoms with Crippen LogP contribution in [0.15, 0.2) is 65.5 Å². The van der Waals surface area contributed by atoms with Crippen molar-refractivity contribution in [2.24, 2.45) is 5.41 Å². The number of hydrogen-bond acceptors (Lipinski definition) is 6. The Morgan fingerprint density at radius 1 is 1.23 bits per heavy atom. The van der Waals surface area contributed by atoms with E-state index in [1.807, 2.05) is 48.4 Å². The molecule has 0 aromatic heterocycles. The topological polar surface area (TPSA) is 90.2 Å². The normalized spacial score (nSPS) is 43.9. The third-order valence-corrected chi connectivity index (χ3v) is 7.88. The third kappa shape index (κ3) is 1.96. The number of nitrogens with zero attached hydrogens (tertiary/aromatic N) is 1. The maximum absolute atomic E-state index is 13.5. The second-order valence-electron chi connectivity index (χ2n) is 9.40. The predicted octanol–water partition coefficient (Wildman–Crippen LogP) is 0.878. The molecule has 6 rings (SSSR count). The summed E-state index contributed by atoms with van der Waals surface area (Å²) in [7, 11) is 1.85. The number of rotatable bonds is 2. The highest BCUT2D eigenvalue weighted by atomic mass is 16.5. The van der Waals surface area contributed by atoms with Crippen LogP contribution in [0.1, 0.15) is 18.4 Å². The van der Waals surface area contributed by atoms with E-state index in [2.05, 4.69) is 0 Å². The Morgan fingerprint density at radius 2 is 2.00 bits per heavy atom. The van der Waals surface area contributed by atoms with E-state index >= 15 is 0 Å². The molecule has 2 fully saturated rings. The fraction of sp³-hybridized carbons (Fsp3) is 0.458. The van der Waals surface area contributed by atoms with Crippen LogP contribution in [0.4, 0.5) is 0 Å². The van der Waals surface area contributed by atoms with Crippen molar-refractivity contribution >= 4 is 5.78 Å². The predicted molar refractivity (Wildman–Crippen MR) is 108 cm³/mol. The van der Waals surface area contributed by atoms with Crippen molar-refractivity contribution in [2.75, 3.05) is 13.6 Å². The summed E-state index contributed by atoms with van der Waals surface area (Å²) in [5, 5.41) is 34.5. The molecule has 6 heteroatoms. The summed E-state index contributed by atoms with van der Waals surface area (Å²) in [4.78, 5) is 15.4. The first-order valence-corrected chi connectivity index (χ1v) is 10.5. The van der Waals surface area contributed by atoms with Gasteiger partial charge >= 0.3 is 0 Å². The van der Waals surface area contributed by atoms with Gasteiger partial charge in [-0.05, 0) is 25.6 Å². The number of likely N-dealkylation sites (N-methyl/N-ethyl adjacent to an activating group) is 1. The van der Waals surface area contributed by atoms with Gasteiger partial charge < -0.3 is 20.1 Å². The minimum Gasteiger partial charge on any atom is -0.487 e. The first kappa shape index (κ1) is 18.5. The van der Waals surface area contributed by atoms with E-state index in [1.165, 1.54) is 6.08 Å². The number of aliphatic hydroxyl groups excluding tert-OH is 1. The molecule has 6 atom stereocenters. The molecular weight excluding hydrogens is 382 g/mol. The van der Waals surface area contributed by atoms with Gasteiger partial charge in [-0.25, -0.2) is 0 Å². The Kier molecular flexibility index (Phi) is 3.52. The molecule has 1 spiro atoms. The Morgan fingerprint density at radius 3 is 2.77 bits per heavy atom. The summed E-state index contributed by atoms with van der Waals surface area (Å²) in [5.74, 6) is 0.209. The van der Waals surface area contributed by atoms with Gasteiger partial charge in [0.15, 0.2) is 5.78 Å². The SMILES string of the molecule is CN1CC[C@]23C4=C5O[C@H]2[C@@H](O)C=C[C@@]3(O)[C@H]1C(=O)C4=CCC5(O)Cc1ccccc1. The lowest BCUT2D eigenvalue weighted by molar-refractivity contribution is -0.187. The highest BCUT2D eigenvalue weighted by Crippen LogP contribution is 2.66. The van der Waals surface area contributed by atoms with Crippen LogP contribution < -0.4 is 0 Å². The van der Waals surface area contributed by atoms with Crippen LogP contribution in [0.3, 0.4) is 0 Å². The number of aliphatic hydroxyl groups is 3. The van der Waals surface area contributed by atoms with E-state index in [0.717, 1.165) is 5.56 Å². The van der Waals surface area contributed by atoms with Crippen LogP contribution in [0.2, 0.25) is 0 Å². The summed E-state index contributed by atoms with van der Waals surface area (Å²) in [5.41, 5.74) is -1.66. The Hall–Kier alpha value is -2.25. The van der Waals surface area contributed by atoms with Crippen molar-refractivity contribution in [1.29, 1.82) is 0 Å². The largest absolute Gasteiger partial charge is 0.487 e. The lowest BCUT2D eigenvalue weighted by atomic mass is 9.48. The van der Waals surface area contributed by atoms with Gasteiger partial charge in [0.2, 0.25) is 0 Å². The monoisotopic (exact) mass is 407 g/mol.